The Kier molecular flexibility index (Phi) is 5.41. The van der Waals surface area contributed by atoms with E-state index < -0.39 is 5.97 Å². The molecule has 7 nitrogen and oxygen atoms in total. The van der Waals surface area contributed by atoms with Crippen molar-refractivity contribution in [3.63, 3.8) is 0 Å². The van der Waals surface area contributed by atoms with Crippen molar-refractivity contribution < 1.29 is 9.53 Å². The Morgan fingerprint density at radius 1 is 1.17 bits per heavy atom. The number of hydrogen-bond acceptors (Lipinski definition) is 7. The second kappa shape index (κ2) is 8.14. The highest BCUT2D eigenvalue weighted by molar-refractivity contribution is 7.17. The molecule has 148 valence electrons. The molecule has 29 heavy (non-hydrogen) atoms. The van der Waals surface area contributed by atoms with Gasteiger partial charge in [-0.05, 0) is 12.5 Å². The number of thiazole rings is 1. The van der Waals surface area contributed by atoms with Gasteiger partial charge in [0.15, 0.2) is 0 Å². The molecule has 3 heterocycles. The van der Waals surface area contributed by atoms with Gasteiger partial charge in [0, 0.05) is 28.6 Å². The standard InChI is InChI=1S/C20H17N3O4S2/c1-12-10-29-20(26)23(12)8-7-16(24)27-9-15-21-18(25)17-14(11-28-19(17)22-15)13-5-3-2-4-6-13/h2-6,10-11H,7-9H2,1H3,(H,21,22,25). The van der Waals surface area contributed by atoms with Gasteiger partial charge in [-0.3, -0.25) is 14.4 Å². The molecule has 0 saturated heterocycles. The summed E-state index contributed by atoms with van der Waals surface area (Å²) in [6.45, 7) is 1.96. The van der Waals surface area contributed by atoms with Crippen molar-refractivity contribution in [1.29, 1.82) is 0 Å². The molecular weight excluding hydrogens is 410 g/mol. The van der Waals surface area contributed by atoms with E-state index in [9.17, 15) is 14.4 Å². The molecule has 0 aliphatic rings. The Labute approximate surface area is 173 Å². The molecule has 0 spiro atoms. The van der Waals surface area contributed by atoms with Gasteiger partial charge in [0.25, 0.3) is 5.56 Å². The number of aromatic nitrogens is 3. The minimum absolute atomic E-state index is 0.0705. The lowest BCUT2D eigenvalue weighted by atomic mass is 10.1. The molecule has 0 unspecified atom stereocenters. The number of carbonyl (C=O) groups is 1. The van der Waals surface area contributed by atoms with Gasteiger partial charge in [0.2, 0.25) is 0 Å². The summed E-state index contributed by atoms with van der Waals surface area (Å²) in [5.41, 5.74) is 2.33. The smallest absolute Gasteiger partial charge is 0.308 e. The fourth-order valence-corrected chi connectivity index (χ4v) is 4.72. The minimum atomic E-state index is -0.457. The van der Waals surface area contributed by atoms with Crippen LogP contribution in [0.4, 0.5) is 0 Å². The van der Waals surface area contributed by atoms with Gasteiger partial charge in [0.1, 0.15) is 17.3 Å². The molecule has 0 saturated carbocycles. The number of aryl methyl sites for hydroxylation is 1. The van der Waals surface area contributed by atoms with Gasteiger partial charge >= 0.3 is 10.8 Å². The molecule has 3 aromatic heterocycles. The van der Waals surface area contributed by atoms with E-state index in [2.05, 4.69) is 9.97 Å². The summed E-state index contributed by atoms with van der Waals surface area (Å²) in [6, 6.07) is 9.64. The van der Waals surface area contributed by atoms with Crippen LogP contribution in [0.25, 0.3) is 21.3 Å². The fraction of sp³-hybridized carbons (Fsp3) is 0.200. The molecule has 0 atom stereocenters. The van der Waals surface area contributed by atoms with E-state index >= 15 is 0 Å². The Morgan fingerprint density at radius 3 is 2.69 bits per heavy atom. The highest BCUT2D eigenvalue weighted by Crippen LogP contribution is 2.30. The molecule has 0 fully saturated rings. The van der Waals surface area contributed by atoms with Crippen LogP contribution in [0, 0.1) is 6.92 Å². The van der Waals surface area contributed by atoms with Gasteiger partial charge in [-0.15, -0.1) is 11.3 Å². The lowest BCUT2D eigenvalue weighted by Crippen LogP contribution is -2.18. The molecule has 0 bridgehead atoms. The molecule has 0 aliphatic heterocycles. The minimum Gasteiger partial charge on any atom is -0.457 e. The van der Waals surface area contributed by atoms with E-state index in [1.165, 1.54) is 15.9 Å². The quantitative estimate of drug-likeness (QED) is 0.477. The molecule has 1 N–H and O–H groups in total. The van der Waals surface area contributed by atoms with Gasteiger partial charge in [-0.1, -0.05) is 41.7 Å². The van der Waals surface area contributed by atoms with Crippen LogP contribution in [0.1, 0.15) is 17.9 Å². The molecule has 0 aliphatic carbocycles. The number of benzene rings is 1. The molecule has 9 heteroatoms. The lowest BCUT2D eigenvalue weighted by Gasteiger charge is -2.06. The van der Waals surface area contributed by atoms with Crippen LogP contribution in [0.5, 0.6) is 0 Å². The third-order valence-corrected chi connectivity index (χ3v) is 6.22. The second-order valence-corrected chi connectivity index (χ2v) is 8.09. The zero-order valence-corrected chi connectivity index (χ0v) is 17.1. The van der Waals surface area contributed by atoms with Crippen LogP contribution in [0.3, 0.4) is 0 Å². The van der Waals surface area contributed by atoms with E-state index in [4.69, 9.17) is 4.74 Å². The van der Waals surface area contributed by atoms with E-state index in [1.54, 1.807) is 5.38 Å². The number of esters is 1. The van der Waals surface area contributed by atoms with E-state index in [-0.39, 0.29) is 30.0 Å². The molecule has 4 aromatic rings. The first kappa shape index (κ1) is 19.3. The number of fused-ring (bicyclic) bond motifs is 1. The van der Waals surface area contributed by atoms with Crippen LogP contribution < -0.4 is 10.4 Å². The molecule has 0 amide bonds. The third-order valence-electron chi connectivity index (χ3n) is 4.46. The maximum absolute atomic E-state index is 12.6. The number of carbonyl (C=O) groups excluding carboxylic acids is 1. The Hall–Kier alpha value is -3.04. The normalized spacial score (nSPS) is 11.1. The van der Waals surface area contributed by atoms with Crippen LogP contribution in [0.2, 0.25) is 0 Å². The third kappa shape index (κ3) is 4.06. The zero-order valence-electron chi connectivity index (χ0n) is 15.5. The molecule has 0 radical (unpaired) electrons. The largest absolute Gasteiger partial charge is 0.457 e. The average molecular weight is 428 g/mol. The summed E-state index contributed by atoms with van der Waals surface area (Å²) < 4.78 is 6.76. The van der Waals surface area contributed by atoms with Gasteiger partial charge in [-0.2, -0.15) is 0 Å². The zero-order chi connectivity index (χ0) is 20.4. The summed E-state index contributed by atoms with van der Waals surface area (Å²) in [6.07, 6.45) is 0.0705. The van der Waals surface area contributed by atoms with Crippen molar-refractivity contribution in [3.8, 4) is 11.1 Å². The first-order valence-electron chi connectivity index (χ1n) is 8.89. The summed E-state index contributed by atoms with van der Waals surface area (Å²) in [4.78, 5) is 43.9. The molecule has 1 aromatic carbocycles. The number of hydrogen-bond donors (Lipinski definition) is 1. The monoisotopic (exact) mass is 427 g/mol. The topological polar surface area (TPSA) is 94.0 Å². The van der Waals surface area contributed by atoms with Crippen molar-refractivity contribution in [1.82, 2.24) is 14.5 Å². The summed E-state index contributed by atoms with van der Waals surface area (Å²) in [7, 11) is 0. The number of nitrogens with zero attached hydrogens (tertiary/aromatic N) is 2. The van der Waals surface area contributed by atoms with Gasteiger partial charge in [0.05, 0.1) is 11.8 Å². The van der Waals surface area contributed by atoms with Crippen LogP contribution in [0.15, 0.2) is 50.7 Å². The van der Waals surface area contributed by atoms with Gasteiger partial charge in [-0.25, -0.2) is 4.98 Å². The van der Waals surface area contributed by atoms with Crippen molar-refractivity contribution in [2.24, 2.45) is 0 Å². The van der Waals surface area contributed by atoms with E-state index in [0.29, 0.717) is 16.0 Å². The van der Waals surface area contributed by atoms with E-state index in [1.807, 2.05) is 42.6 Å². The maximum atomic E-state index is 12.6. The van der Waals surface area contributed by atoms with Crippen LogP contribution in [-0.2, 0) is 22.7 Å². The predicted octanol–water partition coefficient (Wildman–Crippen LogP) is 3.32. The first-order valence-corrected chi connectivity index (χ1v) is 10.6. The summed E-state index contributed by atoms with van der Waals surface area (Å²) in [5, 5.41) is 4.19. The fourth-order valence-electron chi connectivity index (χ4n) is 2.99. The van der Waals surface area contributed by atoms with Crippen molar-refractivity contribution >= 4 is 38.9 Å². The van der Waals surface area contributed by atoms with Crippen molar-refractivity contribution in [2.75, 3.05) is 0 Å². The number of nitrogens with one attached hydrogen (secondary N) is 1. The Bertz CT molecular complexity index is 1280. The van der Waals surface area contributed by atoms with Crippen molar-refractivity contribution in [2.45, 2.75) is 26.5 Å². The maximum Gasteiger partial charge on any atom is 0.308 e. The predicted molar refractivity (Wildman–Crippen MR) is 113 cm³/mol. The molecular formula is C20H17N3O4S2. The highest BCUT2D eigenvalue weighted by atomic mass is 32.1. The van der Waals surface area contributed by atoms with E-state index in [0.717, 1.165) is 28.2 Å². The second-order valence-electron chi connectivity index (χ2n) is 6.41. The van der Waals surface area contributed by atoms with Crippen LogP contribution >= 0.6 is 22.7 Å². The average Bonchev–Trinajstić information content (AvgIpc) is 3.29. The number of H-pyrrole nitrogens is 1. The van der Waals surface area contributed by atoms with Gasteiger partial charge < -0.3 is 14.3 Å². The summed E-state index contributed by atoms with van der Waals surface area (Å²) >= 11 is 2.48. The van der Waals surface area contributed by atoms with Crippen molar-refractivity contribution in [3.05, 3.63) is 72.6 Å². The Balaban J connectivity index is 1.46. The Morgan fingerprint density at radius 2 is 1.97 bits per heavy atom. The highest BCUT2D eigenvalue weighted by Gasteiger charge is 2.14. The molecule has 4 rings (SSSR count). The number of thiophene rings is 1. The number of ether oxygens (including phenoxy) is 1. The number of aromatic amines is 1. The van der Waals surface area contributed by atoms with Crippen LogP contribution in [-0.4, -0.2) is 20.5 Å². The lowest BCUT2D eigenvalue weighted by molar-refractivity contribution is -0.145. The SMILES string of the molecule is Cc1csc(=O)n1CCC(=O)OCc1nc2scc(-c3ccccc3)c2c(=O)[nH]1. The summed E-state index contributed by atoms with van der Waals surface area (Å²) in [5.74, 6) is -0.164. The first-order chi connectivity index (χ1) is 14.0. The number of rotatable bonds is 6.